The Bertz CT molecular complexity index is 469. The molecule has 0 spiro atoms. The molecule has 1 aromatic carbocycles. The van der Waals surface area contributed by atoms with Crippen molar-refractivity contribution in [1.82, 2.24) is 9.97 Å². The first kappa shape index (κ1) is 7.75. The van der Waals surface area contributed by atoms with E-state index in [2.05, 4.69) is 15.9 Å². The largest absolute Gasteiger partial charge is 0.240 e. The molecule has 0 atom stereocenters. The number of hydrogen-bond donors (Lipinski definition) is 0. The maximum absolute atomic E-state index is 5.17. The second kappa shape index (κ2) is 3.24. The lowest BCUT2D eigenvalue weighted by atomic mass is 10.2. The van der Waals surface area contributed by atoms with Crippen molar-refractivity contribution in [3.05, 3.63) is 36.3 Å². The SMILES string of the molecule is C#CCc1ncc2ccccc2n1. The maximum Gasteiger partial charge on any atom is 0.140 e. The fraction of sp³-hybridized carbons (Fsp3) is 0.0909. The van der Waals surface area contributed by atoms with Gasteiger partial charge >= 0.3 is 0 Å². The Morgan fingerprint density at radius 2 is 2.15 bits per heavy atom. The van der Waals surface area contributed by atoms with E-state index in [0.717, 1.165) is 10.9 Å². The van der Waals surface area contributed by atoms with Crippen LogP contribution in [0.2, 0.25) is 0 Å². The normalized spacial score (nSPS) is 9.77. The van der Waals surface area contributed by atoms with Crippen molar-refractivity contribution in [2.24, 2.45) is 0 Å². The van der Waals surface area contributed by atoms with E-state index < -0.39 is 0 Å². The average Bonchev–Trinajstić information content (AvgIpc) is 2.18. The van der Waals surface area contributed by atoms with E-state index in [-0.39, 0.29) is 0 Å². The Labute approximate surface area is 76.6 Å². The summed E-state index contributed by atoms with van der Waals surface area (Å²) in [6.07, 6.45) is 7.47. The van der Waals surface area contributed by atoms with Gasteiger partial charge in [0.25, 0.3) is 0 Å². The maximum atomic E-state index is 5.17. The van der Waals surface area contributed by atoms with E-state index in [9.17, 15) is 0 Å². The summed E-state index contributed by atoms with van der Waals surface area (Å²) < 4.78 is 0. The molecular formula is C11H8N2. The van der Waals surface area contributed by atoms with Gasteiger partial charge in [0.1, 0.15) is 5.82 Å². The standard InChI is InChI=1S/C11H8N2/c1-2-5-11-12-8-9-6-3-4-7-10(9)13-11/h1,3-4,6-8H,5H2. The molecule has 2 heteroatoms. The molecule has 1 aromatic heterocycles. The predicted molar refractivity (Wildman–Crippen MR) is 52.1 cm³/mol. The van der Waals surface area contributed by atoms with Gasteiger partial charge in [0.2, 0.25) is 0 Å². The van der Waals surface area contributed by atoms with Crippen LogP contribution < -0.4 is 0 Å². The van der Waals surface area contributed by atoms with Crippen LogP contribution in [0.4, 0.5) is 0 Å². The summed E-state index contributed by atoms with van der Waals surface area (Å²) in [5.41, 5.74) is 0.947. The molecule has 2 rings (SSSR count). The minimum absolute atomic E-state index is 0.491. The van der Waals surface area contributed by atoms with Crippen LogP contribution in [0.5, 0.6) is 0 Å². The predicted octanol–water partition coefficient (Wildman–Crippen LogP) is 1.81. The summed E-state index contributed by atoms with van der Waals surface area (Å²) in [6, 6.07) is 7.85. The lowest BCUT2D eigenvalue weighted by Crippen LogP contribution is -1.92. The monoisotopic (exact) mass is 168 g/mol. The molecule has 0 fully saturated rings. The van der Waals surface area contributed by atoms with Gasteiger partial charge < -0.3 is 0 Å². The Hall–Kier alpha value is -1.88. The molecule has 0 aliphatic rings. The van der Waals surface area contributed by atoms with Crippen molar-refractivity contribution in [1.29, 1.82) is 0 Å². The van der Waals surface area contributed by atoms with E-state index in [4.69, 9.17) is 6.42 Å². The van der Waals surface area contributed by atoms with Crippen LogP contribution in [-0.4, -0.2) is 9.97 Å². The highest BCUT2D eigenvalue weighted by molar-refractivity contribution is 5.77. The minimum atomic E-state index is 0.491. The van der Waals surface area contributed by atoms with Gasteiger partial charge in [0.05, 0.1) is 11.9 Å². The van der Waals surface area contributed by atoms with Crippen molar-refractivity contribution in [3.8, 4) is 12.3 Å². The van der Waals surface area contributed by atoms with Crippen LogP contribution in [0.15, 0.2) is 30.5 Å². The van der Waals surface area contributed by atoms with Gasteiger partial charge in [-0.2, -0.15) is 0 Å². The first-order chi connectivity index (χ1) is 6.40. The smallest absolute Gasteiger partial charge is 0.140 e. The van der Waals surface area contributed by atoms with Gasteiger partial charge in [0.15, 0.2) is 0 Å². The number of aromatic nitrogens is 2. The highest BCUT2D eigenvalue weighted by Gasteiger charge is 1.96. The van der Waals surface area contributed by atoms with Gasteiger partial charge in [-0.15, -0.1) is 6.42 Å². The summed E-state index contributed by atoms with van der Waals surface area (Å²) in [4.78, 5) is 8.45. The molecule has 0 saturated carbocycles. The van der Waals surface area contributed by atoms with Crippen molar-refractivity contribution in [3.63, 3.8) is 0 Å². The summed E-state index contributed by atoms with van der Waals surface area (Å²) in [6.45, 7) is 0. The molecule has 0 amide bonds. The molecule has 13 heavy (non-hydrogen) atoms. The van der Waals surface area contributed by atoms with E-state index in [1.165, 1.54) is 0 Å². The Morgan fingerprint density at radius 1 is 1.31 bits per heavy atom. The first-order valence-corrected chi connectivity index (χ1v) is 4.04. The first-order valence-electron chi connectivity index (χ1n) is 4.04. The molecule has 2 aromatic rings. The molecule has 0 aliphatic carbocycles. The third-order valence-corrected chi connectivity index (χ3v) is 1.80. The second-order valence-corrected chi connectivity index (χ2v) is 2.73. The quantitative estimate of drug-likeness (QED) is 0.607. The molecular weight excluding hydrogens is 160 g/mol. The third-order valence-electron chi connectivity index (χ3n) is 1.80. The summed E-state index contributed by atoms with van der Waals surface area (Å²) in [5.74, 6) is 3.23. The number of fused-ring (bicyclic) bond motifs is 1. The number of terminal acetylenes is 1. The molecule has 0 bridgehead atoms. The van der Waals surface area contributed by atoms with Gasteiger partial charge in [-0.05, 0) is 6.07 Å². The Balaban J connectivity index is 2.57. The molecule has 1 heterocycles. The molecule has 62 valence electrons. The Kier molecular flexibility index (Phi) is 1.93. The lowest BCUT2D eigenvalue weighted by Gasteiger charge is -1.97. The minimum Gasteiger partial charge on any atom is -0.240 e. The topological polar surface area (TPSA) is 25.8 Å². The van der Waals surface area contributed by atoms with E-state index >= 15 is 0 Å². The van der Waals surface area contributed by atoms with E-state index in [1.54, 1.807) is 6.20 Å². The van der Waals surface area contributed by atoms with Gasteiger partial charge in [0, 0.05) is 11.6 Å². The number of rotatable bonds is 1. The van der Waals surface area contributed by atoms with Crippen molar-refractivity contribution < 1.29 is 0 Å². The molecule has 0 N–H and O–H groups in total. The fourth-order valence-corrected chi connectivity index (χ4v) is 1.19. The lowest BCUT2D eigenvalue weighted by molar-refractivity contribution is 1.03. The number of benzene rings is 1. The second-order valence-electron chi connectivity index (χ2n) is 2.73. The highest BCUT2D eigenvalue weighted by atomic mass is 14.9. The molecule has 0 unspecified atom stereocenters. The van der Waals surface area contributed by atoms with Crippen LogP contribution >= 0.6 is 0 Å². The van der Waals surface area contributed by atoms with Gasteiger partial charge in [-0.25, -0.2) is 9.97 Å². The summed E-state index contributed by atoms with van der Waals surface area (Å²) >= 11 is 0. The van der Waals surface area contributed by atoms with Crippen LogP contribution in [0.3, 0.4) is 0 Å². The Morgan fingerprint density at radius 3 is 3.00 bits per heavy atom. The number of para-hydroxylation sites is 1. The molecule has 0 saturated heterocycles. The fourth-order valence-electron chi connectivity index (χ4n) is 1.19. The van der Waals surface area contributed by atoms with Crippen LogP contribution in [0, 0.1) is 12.3 Å². The zero-order chi connectivity index (χ0) is 9.10. The van der Waals surface area contributed by atoms with Gasteiger partial charge in [-0.3, -0.25) is 0 Å². The summed E-state index contributed by atoms with van der Waals surface area (Å²) in [5, 5.41) is 1.04. The number of nitrogens with zero attached hydrogens (tertiary/aromatic N) is 2. The number of hydrogen-bond acceptors (Lipinski definition) is 2. The third kappa shape index (κ3) is 1.50. The van der Waals surface area contributed by atoms with Crippen molar-refractivity contribution in [2.45, 2.75) is 6.42 Å². The summed E-state index contributed by atoms with van der Waals surface area (Å²) in [7, 11) is 0. The zero-order valence-electron chi connectivity index (χ0n) is 7.07. The van der Waals surface area contributed by atoms with Crippen LogP contribution in [0.1, 0.15) is 5.82 Å². The molecule has 2 nitrogen and oxygen atoms in total. The van der Waals surface area contributed by atoms with Crippen LogP contribution in [-0.2, 0) is 6.42 Å². The van der Waals surface area contributed by atoms with Crippen molar-refractivity contribution in [2.75, 3.05) is 0 Å². The zero-order valence-corrected chi connectivity index (χ0v) is 7.07. The highest BCUT2D eigenvalue weighted by Crippen LogP contribution is 2.09. The van der Waals surface area contributed by atoms with Crippen LogP contribution in [0.25, 0.3) is 10.9 Å². The van der Waals surface area contributed by atoms with E-state index in [1.807, 2.05) is 24.3 Å². The molecule has 0 aliphatic heterocycles. The van der Waals surface area contributed by atoms with E-state index in [0.29, 0.717) is 12.2 Å². The average molecular weight is 168 g/mol. The molecule has 0 radical (unpaired) electrons. The van der Waals surface area contributed by atoms with Crippen molar-refractivity contribution >= 4 is 10.9 Å². The van der Waals surface area contributed by atoms with Gasteiger partial charge in [-0.1, -0.05) is 24.1 Å².